The van der Waals surface area contributed by atoms with Gasteiger partial charge >= 0.3 is 0 Å². The van der Waals surface area contributed by atoms with Crippen LogP contribution in [-0.2, 0) is 0 Å². The molecule has 2 heteroatoms. The number of ether oxygens (including phenoxy) is 1. The summed E-state index contributed by atoms with van der Waals surface area (Å²) < 4.78 is 5.15. The zero-order valence-electron chi connectivity index (χ0n) is 9.94. The van der Waals surface area contributed by atoms with Crippen molar-refractivity contribution in [3.8, 4) is 5.75 Å². The molecule has 0 spiro atoms. The van der Waals surface area contributed by atoms with Gasteiger partial charge in [-0.15, -0.1) is 0 Å². The minimum atomic E-state index is 0.399. The Bertz CT molecular complexity index is 348. The second kappa shape index (κ2) is 5.17. The van der Waals surface area contributed by atoms with Gasteiger partial charge in [0, 0.05) is 12.1 Å². The Morgan fingerprint density at radius 2 is 1.81 bits per heavy atom. The average Bonchev–Trinajstić information content (AvgIpc) is 2.82. The summed E-state index contributed by atoms with van der Waals surface area (Å²) in [6.07, 6.45) is 6.80. The number of hydrogen-bond donors (Lipinski definition) is 1. The van der Waals surface area contributed by atoms with Gasteiger partial charge in [0.05, 0.1) is 7.11 Å². The van der Waals surface area contributed by atoms with Crippen molar-refractivity contribution in [2.24, 2.45) is 0 Å². The molecule has 0 heterocycles. The molecule has 86 valence electrons. The molecule has 2 nitrogen and oxygen atoms in total. The molecule has 1 aliphatic rings. The van der Waals surface area contributed by atoms with Crippen LogP contribution >= 0.6 is 0 Å². The Hall–Kier alpha value is -1.28. The van der Waals surface area contributed by atoms with Crippen molar-refractivity contribution in [1.82, 2.24) is 5.32 Å². The largest absolute Gasteiger partial charge is 0.497 e. The Balaban J connectivity index is 1.94. The number of hydrogen-bond acceptors (Lipinski definition) is 2. The van der Waals surface area contributed by atoms with Crippen molar-refractivity contribution in [1.29, 1.82) is 0 Å². The van der Waals surface area contributed by atoms with E-state index in [1.165, 1.54) is 5.56 Å². The highest BCUT2D eigenvalue weighted by Crippen LogP contribution is 2.20. The van der Waals surface area contributed by atoms with E-state index in [1.807, 2.05) is 12.1 Å². The van der Waals surface area contributed by atoms with E-state index in [-0.39, 0.29) is 0 Å². The zero-order valence-corrected chi connectivity index (χ0v) is 9.94. The first-order valence-electron chi connectivity index (χ1n) is 5.84. The average molecular weight is 217 g/mol. The lowest BCUT2D eigenvalue weighted by atomic mass is 10.1. The summed E-state index contributed by atoms with van der Waals surface area (Å²) in [5, 5.41) is 3.63. The van der Waals surface area contributed by atoms with Crippen LogP contribution in [0.25, 0.3) is 0 Å². The van der Waals surface area contributed by atoms with E-state index in [0.29, 0.717) is 12.1 Å². The summed E-state index contributed by atoms with van der Waals surface area (Å²) in [7, 11) is 1.70. The van der Waals surface area contributed by atoms with Crippen LogP contribution in [0.2, 0.25) is 0 Å². The van der Waals surface area contributed by atoms with Crippen molar-refractivity contribution in [3.63, 3.8) is 0 Å². The molecule has 2 rings (SSSR count). The summed E-state index contributed by atoms with van der Waals surface area (Å²) in [5.74, 6) is 0.915. The van der Waals surface area contributed by atoms with Gasteiger partial charge in [0.1, 0.15) is 5.75 Å². The molecule has 1 unspecified atom stereocenters. The van der Waals surface area contributed by atoms with Crippen molar-refractivity contribution in [3.05, 3.63) is 42.0 Å². The summed E-state index contributed by atoms with van der Waals surface area (Å²) >= 11 is 0. The summed E-state index contributed by atoms with van der Waals surface area (Å²) in [6, 6.07) is 9.28. The molecule has 1 atom stereocenters. The molecule has 1 N–H and O–H groups in total. The smallest absolute Gasteiger partial charge is 0.118 e. The first kappa shape index (κ1) is 11.2. The van der Waals surface area contributed by atoms with E-state index in [0.717, 1.165) is 18.6 Å². The number of methoxy groups -OCH3 is 1. The highest BCUT2D eigenvalue weighted by molar-refractivity contribution is 5.28. The molecule has 0 fully saturated rings. The maximum absolute atomic E-state index is 5.15. The molecule has 0 radical (unpaired) electrons. The summed E-state index contributed by atoms with van der Waals surface area (Å²) in [5.41, 5.74) is 1.31. The van der Waals surface area contributed by atoms with Crippen molar-refractivity contribution in [2.75, 3.05) is 7.11 Å². The predicted molar refractivity (Wildman–Crippen MR) is 66.7 cm³/mol. The van der Waals surface area contributed by atoms with Gasteiger partial charge in [0.15, 0.2) is 0 Å². The van der Waals surface area contributed by atoms with E-state index in [4.69, 9.17) is 4.74 Å². The third-order valence-electron chi connectivity index (χ3n) is 3.11. The second-order valence-electron chi connectivity index (χ2n) is 4.30. The lowest BCUT2D eigenvalue weighted by Crippen LogP contribution is -2.29. The highest BCUT2D eigenvalue weighted by Gasteiger charge is 2.13. The Labute approximate surface area is 97.3 Å². The second-order valence-corrected chi connectivity index (χ2v) is 4.30. The van der Waals surface area contributed by atoms with Crippen LogP contribution in [0.4, 0.5) is 0 Å². The van der Waals surface area contributed by atoms with Gasteiger partial charge < -0.3 is 10.1 Å². The molecule has 16 heavy (non-hydrogen) atoms. The van der Waals surface area contributed by atoms with Crippen molar-refractivity contribution < 1.29 is 4.74 Å². The van der Waals surface area contributed by atoms with Crippen LogP contribution in [-0.4, -0.2) is 13.2 Å². The van der Waals surface area contributed by atoms with Crippen LogP contribution in [0.15, 0.2) is 36.4 Å². The van der Waals surface area contributed by atoms with Gasteiger partial charge in [0.2, 0.25) is 0 Å². The maximum atomic E-state index is 5.15. The quantitative estimate of drug-likeness (QED) is 0.783. The van der Waals surface area contributed by atoms with Crippen LogP contribution in [0.3, 0.4) is 0 Å². The minimum absolute atomic E-state index is 0.399. The van der Waals surface area contributed by atoms with Crippen molar-refractivity contribution >= 4 is 0 Å². The Kier molecular flexibility index (Phi) is 3.62. The normalized spacial score (nSPS) is 17.6. The van der Waals surface area contributed by atoms with E-state index >= 15 is 0 Å². The third-order valence-corrected chi connectivity index (χ3v) is 3.11. The summed E-state index contributed by atoms with van der Waals surface area (Å²) in [4.78, 5) is 0. The molecule has 0 aliphatic heterocycles. The number of benzene rings is 1. The fraction of sp³-hybridized carbons (Fsp3) is 0.429. The SMILES string of the molecule is COc1ccc(C(C)NC2CC=CC2)cc1. The van der Waals surface area contributed by atoms with Crippen molar-refractivity contribution in [2.45, 2.75) is 31.8 Å². The van der Waals surface area contributed by atoms with Crippen LogP contribution in [0.5, 0.6) is 5.75 Å². The monoisotopic (exact) mass is 217 g/mol. The first-order valence-corrected chi connectivity index (χ1v) is 5.84. The highest BCUT2D eigenvalue weighted by atomic mass is 16.5. The van der Waals surface area contributed by atoms with Gasteiger partial charge in [-0.2, -0.15) is 0 Å². The van der Waals surface area contributed by atoms with E-state index in [9.17, 15) is 0 Å². The Morgan fingerprint density at radius 1 is 1.19 bits per heavy atom. The molecule has 1 aromatic rings. The first-order chi connectivity index (χ1) is 7.79. The van der Waals surface area contributed by atoms with Gasteiger partial charge in [-0.1, -0.05) is 24.3 Å². The van der Waals surface area contributed by atoms with Gasteiger partial charge in [-0.25, -0.2) is 0 Å². The Morgan fingerprint density at radius 3 is 2.38 bits per heavy atom. The van der Waals surface area contributed by atoms with Crippen LogP contribution in [0.1, 0.15) is 31.4 Å². The lowest BCUT2D eigenvalue weighted by molar-refractivity contribution is 0.414. The van der Waals surface area contributed by atoms with Crippen LogP contribution in [0, 0.1) is 0 Å². The van der Waals surface area contributed by atoms with Gasteiger partial charge in [-0.3, -0.25) is 0 Å². The number of nitrogens with one attached hydrogen (secondary N) is 1. The maximum Gasteiger partial charge on any atom is 0.118 e. The predicted octanol–water partition coefficient (Wildman–Crippen LogP) is 3.06. The molecule has 0 bridgehead atoms. The fourth-order valence-electron chi connectivity index (χ4n) is 2.10. The van der Waals surface area contributed by atoms with E-state index in [2.05, 4.69) is 36.5 Å². The van der Waals surface area contributed by atoms with E-state index < -0.39 is 0 Å². The number of rotatable bonds is 4. The van der Waals surface area contributed by atoms with E-state index in [1.54, 1.807) is 7.11 Å². The molecular formula is C14H19NO. The molecule has 1 aromatic carbocycles. The van der Waals surface area contributed by atoms with Gasteiger partial charge in [0.25, 0.3) is 0 Å². The topological polar surface area (TPSA) is 21.3 Å². The molecule has 0 amide bonds. The lowest BCUT2D eigenvalue weighted by Gasteiger charge is -2.19. The summed E-state index contributed by atoms with van der Waals surface area (Å²) in [6.45, 7) is 2.21. The zero-order chi connectivity index (χ0) is 11.4. The molecular weight excluding hydrogens is 198 g/mol. The fourth-order valence-corrected chi connectivity index (χ4v) is 2.10. The minimum Gasteiger partial charge on any atom is -0.497 e. The third kappa shape index (κ3) is 2.64. The van der Waals surface area contributed by atoms with Crippen LogP contribution < -0.4 is 10.1 Å². The molecule has 0 saturated heterocycles. The van der Waals surface area contributed by atoms with Gasteiger partial charge in [-0.05, 0) is 37.5 Å². The molecule has 1 aliphatic carbocycles. The standard InChI is InChI=1S/C14H19NO/c1-11(15-13-5-3-4-6-13)12-7-9-14(16-2)10-8-12/h3-4,7-11,13,15H,5-6H2,1-2H3. The molecule has 0 aromatic heterocycles. The molecule has 0 saturated carbocycles.